The minimum atomic E-state index is 0.0741. The summed E-state index contributed by atoms with van der Waals surface area (Å²) in [5, 5.41) is 27.1. The molecule has 0 amide bonds. The number of rotatable bonds is 6. The lowest BCUT2D eigenvalue weighted by Crippen LogP contribution is -2.76. The molecule has 66 valence electrons. The van der Waals surface area contributed by atoms with E-state index in [1.807, 2.05) is 0 Å². The quantitative estimate of drug-likeness (QED) is 0.336. The van der Waals surface area contributed by atoms with Gasteiger partial charge >= 0.3 is 0 Å². The summed E-state index contributed by atoms with van der Waals surface area (Å²) in [5.41, 5.74) is 1.75. The molecule has 0 aromatic carbocycles. The lowest BCUT2D eigenvalue weighted by Gasteiger charge is -2.03. The second-order valence-electron chi connectivity index (χ2n) is 2.21. The van der Waals surface area contributed by atoms with Crippen molar-refractivity contribution in [3.05, 3.63) is 16.9 Å². The lowest BCUT2D eigenvalue weighted by atomic mass is 10.1. The van der Waals surface area contributed by atoms with Crippen LogP contribution in [0.15, 0.2) is 11.6 Å². The number of hydrogen-bond donors (Lipinski definition) is 3. The molecule has 0 aliphatic rings. The van der Waals surface area contributed by atoms with Crippen molar-refractivity contribution in [2.45, 2.75) is 12.8 Å². The molecule has 0 spiro atoms. The van der Waals surface area contributed by atoms with E-state index < -0.39 is 0 Å². The van der Waals surface area contributed by atoms with E-state index in [1.165, 1.54) is 0 Å². The van der Waals surface area contributed by atoms with Gasteiger partial charge in [0.05, 0.1) is 6.54 Å². The van der Waals surface area contributed by atoms with E-state index in [-0.39, 0.29) is 13.2 Å². The van der Waals surface area contributed by atoms with Crippen molar-refractivity contribution in [3.8, 4) is 0 Å². The predicted molar refractivity (Wildman–Crippen MR) is 41.6 cm³/mol. The van der Waals surface area contributed by atoms with Crippen LogP contribution in [0.4, 0.5) is 0 Å². The highest BCUT2D eigenvalue weighted by Crippen LogP contribution is 2.03. The summed E-state index contributed by atoms with van der Waals surface area (Å²) < 4.78 is 0. The van der Waals surface area contributed by atoms with Gasteiger partial charge in [0, 0.05) is 13.2 Å². The predicted octanol–water partition coefficient (Wildman–Crippen LogP) is -1.26. The van der Waals surface area contributed by atoms with Crippen molar-refractivity contribution in [1.82, 2.24) is 0 Å². The molecule has 0 fully saturated rings. The van der Waals surface area contributed by atoms with E-state index in [0.717, 1.165) is 11.1 Å². The third kappa shape index (κ3) is 6.00. The minimum Gasteiger partial charge on any atom is -0.636 e. The third-order valence-electron chi connectivity index (χ3n) is 1.37. The van der Waals surface area contributed by atoms with Crippen LogP contribution in [0, 0.1) is 5.21 Å². The van der Waals surface area contributed by atoms with Crippen molar-refractivity contribution >= 4 is 0 Å². The first-order valence-corrected chi connectivity index (χ1v) is 3.68. The number of hydroxylamine groups is 1. The molecule has 0 aromatic rings. The SMILES string of the molecule is [O-][NH2+]CC=C(CCO)CCO. The Kier molecular flexibility index (Phi) is 7.39. The summed E-state index contributed by atoms with van der Waals surface area (Å²) in [6.45, 7) is 0.519. The first-order chi connectivity index (χ1) is 5.35. The molecule has 0 saturated heterocycles. The highest BCUT2D eigenvalue weighted by molar-refractivity contribution is 5.01. The maximum Gasteiger partial charge on any atom is 0.0942 e. The van der Waals surface area contributed by atoms with Gasteiger partial charge in [-0.05, 0) is 18.9 Å². The van der Waals surface area contributed by atoms with E-state index in [1.54, 1.807) is 6.08 Å². The van der Waals surface area contributed by atoms with Crippen LogP contribution in [0.1, 0.15) is 12.8 Å². The van der Waals surface area contributed by atoms with Gasteiger partial charge in [-0.1, -0.05) is 5.57 Å². The van der Waals surface area contributed by atoms with E-state index in [4.69, 9.17) is 10.2 Å². The summed E-state index contributed by atoms with van der Waals surface area (Å²) in [4.78, 5) is 0. The summed E-state index contributed by atoms with van der Waals surface area (Å²) in [6.07, 6.45) is 2.85. The summed E-state index contributed by atoms with van der Waals surface area (Å²) >= 11 is 0. The van der Waals surface area contributed by atoms with Gasteiger partial charge in [-0.3, -0.25) is 0 Å². The maximum atomic E-state index is 9.95. The molecule has 0 radical (unpaired) electrons. The van der Waals surface area contributed by atoms with Gasteiger partial charge in [0.1, 0.15) is 0 Å². The van der Waals surface area contributed by atoms with Crippen molar-refractivity contribution in [1.29, 1.82) is 0 Å². The van der Waals surface area contributed by atoms with Gasteiger partial charge in [0.15, 0.2) is 0 Å². The molecule has 0 saturated carbocycles. The Labute approximate surface area is 66.1 Å². The first kappa shape index (κ1) is 10.6. The fourth-order valence-corrected chi connectivity index (χ4v) is 0.831. The Morgan fingerprint density at radius 2 is 1.82 bits per heavy atom. The second kappa shape index (κ2) is 7.68. The van der Waals surface area contributed by atoms with Crippen LogP contribution in [0.3, 0.4) is 0 Å². The zero-order valence-electron chi connectivity index (χ0n) is 6.49. The van der Waals surface area contributed by atoms with Crippen LogP contribution in [0.5, 0.6) is 0 Å². The normalized spacial score (nSPS) is 9.73. The highest BCUT2D eigenvalue weighted by Gasteiger charge is 1.94. The van der Waals surface area contributed by atoms with Crippen LogP contribution in [-0.2, 0) is 0 Å². The minimum absolute atomic E-state index is 0.0741. The smallest absolute Gasteiger partial charge is 0.0942 e. The largest absolute Gasteiger partial charge is 0.636 e. The molecular weight excluding hydrogens is 146 g/mol. The van der Waals surface area contributed by atoms with Gasteiger partial charge in [-0.25, -0.2) is 0 Å². The second-order valence-corrected chi connectivity index (χ2v) is 2.21. The summed E-state index contributed by atoms with van der Waals surface area (Å²) in [7, 11) is 0. The summed E-state index contributed by atoms with van der Waals surface area (Å²) in [6, 6.07) is 0. The molecule has 4 heteroatoms. The van der Waals surface area contributed by atoms with Crippen molar-refractivity contribution in [3.63, 3.8) is 0 Å². The van der Waals surface area contributed by atoms with Gasteiger partial charge in [0.2, 0.25) is 0 Å². The van der Waals surface area contributed by atoms with Gasteiger partial charge in [-0.2, -0.15) is 0 Å². The van der Waals surface area contributed by atoms with Gasteiger partial charge in [-0.15, -0.1) is 0 Å². The monoisotopic (exact) mass is 161 g/mol. The lowest BCUT2D eigenvalue weighted by molar-refractivity contribution is -0.578. The Balaban J connectivity index is 3.66. The fourth-order valence-electron chi connectivity index (χ4n) is 0.831. The molecule has 0 aliphatic carbocycles. The van der Waals surface area contributed by atoms with E-state index in [9.17, 15) is 5.21 Å². The molecule has 0 aromatic heterocycles. The van der Waals surface area contributed by atoms with Crippen LogP contribution < -0.4 is 5.48 Å². The van der Waals surface area contributed by atoms with E-state index in [2.05, 4.69) is 0 Å². The molecule has 4 N–H and O–H groups in total. The Hall–Kier alpha value is -0.420. The average molecular weight is 161 g/mol. The first-order valence-electron chi connectivity index (χ1n) is 3.68. The molecule has 0 heterocycles. The van der Waals surface area contributed by atoms with Crippen LogP contribution in [-0.4, -0.2) is 30.0 Å². The molecule has 0 bridgehead atoms. The Bertz CT molecular complexity index is 106. The number of nitrogens with two attached hydrogens (primary N) is 1. The van der Waals surface area contributed by atoms with Crippen LogP contribution in [0.25, 0.3) is 0 Å². The van der Waals surface area contributed by atoms with Crippen molar-refractivity contribution in [2.75, 3.05) is 19.8 Å². The van der Waals surface area contributed by atoms with Crippen LogP contribution >= 0.6 is 0 Å². The number of quaternary nitrogens is 1. The van der Waals surface area contributed by atoms with E-state index in [0.29, 0.717) is 19.4 Å². The number of aliphatic hydroxyl groups excluding tert-OH is 2. The fraction of sp³-hybridized carbons (Fsp3) is 0.714. The molecule has 0 aliphatic heterocycles. The van der Waals surface area contributed by atoms with Crippen molar-refractivity contribution in [2.24, 2.45) is 0 Å². The topological polar surface area (TPSA) is 80.1 Å². The molecular formula is C7H15NO3. The van der Waals surface area contributed by atoms with E-state index >= 15 is 0 Å². The standard InChI is InChI=1S/C7H15NO3/c9-5-2-7(3-6-10)1-4-8-11/h1,9-10H,2-6,8H2. The summed E-state index contributed by atoms with van der Waals surface area (Å²) in [5.74, 6) is 0. The highest BCUT2D eigenvalue weighted by atomic mass is 16.5. The zero-order valence-corrected chi connectivity index (χ0v) is 6.49. The average Bonchev–Trinajstić information content (AvgIpc) is 2.01. The zero-order chi connectivity index (χ0) is 8.53. The molecule has 11 heavy (non-hydrogen) atoms. The molecule has 0 unspecified atom stereocenters. The van der Waals surface area contributed by atoms with Crippen molar-refractivity contribution < 1.29 is 15.7 Å². The van der Waals surface area contributed by atoms with Gasteiger partial charge < -0.3 is 20.9 Å². The third-order valence-corrected chi connectivity index (χ3v) is 1.37. The maximum absolute atomic E-state index is 9.95. The molecule has 4 nitrogen and oxygen atoms in total. The Morgan fingerprint density at radius 1 is 1.27 bits per heavy atom. The molecule has 0 atom stereocenters. The van der Waals surface area contributed by atoms with Crippen LogP contribution in [0.2, 0.25) is 0 Å². The molecule has 0 rings (SSSR count). The Morgan fingerprint density at radius 3 is 2.18 bits per heavy atom. The number of hydrogen-bond acceptors (Lipinski definition) is 3. The van der Waals surface area contributed by atoms with Gasteiger partial charge in [0.25, 0.3) is 0 Å². The number of aliphatic hydroxyl groups is 2.